The Morgan fingerprint density at radius 2 is 1.75 bits per heavy atom. The minimum atomic E-state index is -1.12. The predicted molar refractivity (Wildman–Crippen MR) is 68.6 cm³/mol. The third kappa shape index (κ3) is 2.49. The normalized spacial score (nSPS) is 13.2. The fourth-order valence-corrected chi connectivity index (χ4v) is 2.55. The summed E-state index contributed by atoms with van der Waals surface area (Å²) in [4.78, 5) is 0.826. The molecule has 2 rings (SSSR count). The molecule has 2 aromatic rings. The highest BCUT2D eigenvalue weighted by molar-refractivity contribution is 7.83. The third-order valence-corrected chi connectivity index (χ3v) is 3.65. The van der Waals surface area contributed by atoms with E-state index in [1.165, 1.54) is 5.39 Å². The van der Waals surface area contributed by atoms with Gasteiger partial charge in [-0.3, -0.25) is 0 Å². The Labute approximate surface area is 98.3 Å². The number of hydrogen-bond acceptors (Lipinski definition) is 1. The van der Waals surface area contributed by atoms with Crippen molar-refractivity contribution >= 4 is 21.8 Å². The van der Waals surface area contributed by atoms with Gasteiger partial charge in [0.05, 0.1) is 4.90 Å². The zero-order valence-electron chi connectivity index (χ0n) is 9.44. The summed E-state index contributed by atoms with van der Waals surface area (Å²) in [7, 11) is -1.12. The lowest BCUT2D eigenvalue weighted by Gasteiger charge is -2.08. The lowest BCUT2D eigenvalue weighted by atomic mass is 10.1. The minimum Gasteiger partial charge on any atom is -0.237 e. The van der Waals surface area contributed by atoms with Crippen LogP contribution in [0.2, 0.25) is 0 Å². The van der Waals surface area contributed by atoms with Crippen LogP contribution < -0.4 is 4.72 Å². The van der Waals surface area contributed by atoms with Crippen LogP contribution in [0.15, 0.2) is 47.4 Å². The molecule has 0 aliphatic rings. The van der Waals surface area contributed by atoms with Crippen LogP contribution >= 0.6 is 0 Å². The number of benzene rings is 2. The number of hydrogen-bond donors (Lipinski definition) is 1. The first-order chi connectivity index (χ1) is 7.66. The van der Waals surface area contributed by atoms with Crippen LogP contribution in [0.3, 0.4) is 0 Å². The molecule has 0 aromatic heterocycles. The highest BCUT2D eigenvalue weighted by Crippen LogP contribution is 2.17. The molecule has 0 radical (unpaired) electrons. The molecule has 0 aliphatic heterocycles. The molecule has 1 atom stereocenters. The molecule has 1 unspecified atom stereocenters. The SMILES string of the molecule is CC(C)NS(=O)c1ccc2ccccc2c1. The van der Waals surface area contributed by atoms with E-state index in [2.05, 4.69) is 10.8 Å². The summed E-state index contributed by atoms with van der Waals surface area (Å²) in [6.07, 6.45) is 0. The van der Waals surface area contributed by atoms with E-state index >= 15 is 0 Å². The smallest absolute Gasteiger partial charge is 0.125 e. The first-order valence-corrected chi connectivity index (χ1v) is 6.48. The monoisotopic (exact) mass is 233 g/mol. The van der Waals surface area contributed by atoms with Crippen molar-refractivity contribution < 1.29 is 4.21 Å². The Balaban J connectivity index is 2.35. The number of rotatable bonds is 3. The van der Waals surface area contributed by atoms with Crippen molar-refractivity contribution in [3.63, 3.8) is 0 Å². The van der Waals surface area contributed by atoms with Crippen molar-refractivity contribution in [2.75, 3.05) is 0 Å². The van der Waals surface area contributed by atoms with E-state index in [0.717, 1.165) is 10.3 Å². The molecule has 0 spiro atoms. The van der Waals surface area contributed by atoms with Gasteiger partial charge in [0.25, 0.3) is 0 Å². The van der Waals surface area contributed by atoms with Gasteiger partial charge in [-0.15, -0.1) is 0 Å². The van der Waals surface area contributed by atoms with Gasteiger partial charge in [-0.1, -0.05) is 30.3 Å². The Morgan fingerprint density at radius 1 is 1.06 bits per heavy atom. The lowest BCUT2D eigenvalue weighted by molar-refractivity contribution is 0.656. The van der Waals surface area contributed by atoms with Crippen LogP contribution in [0.5, 0.6) is 0 Å². The van der Waals surface area contributed by atoms with Gasteiger partial charge in [0, 0.05) is 6.04 Å². The summed E-state index contributed by atoms with van der Waals surface area (Å²) < 4.78 is 14.9. The summed E-state index contributed by atoms with van der Waals surface area (Å²) in [6, 6.07) is 14.2. The molecule has 0 saturated heterocycles. The molecule has 0 bridgehead atoms. The van der Waals surface area contributed by atoms with Gasteiger partial charge in [0.15, 0.2) is 0 Å². The zero-order chi connectivity index (χ0) is 11.5. The summed E-state index contributed by atoms with van der Waals surface area (Å²) in [6.45, 7) is 3.97. The number of nitrogens with one attached hydrogen (secondary N) is 1. The fraction of sp³-hybridized carbons (Fsp3) is 0.231. The maximum absolute atomic E-state index is 11.9. The minimum absolute atomic E-state index is 0.215. The van der Waals surface area contributed by atoms with Gasteiger partial charge in [0.2, 0.25) is 0 Å². The fourth-order valence-electron chi connectivity index (χ4n) is 1.56. The molecule has 0 heterocycles. The molecule has 2 aromatic carbocycles. The number of fused-ring (bicyclic) bond motifs is 1. The summed E-state index contributed by atoms with van der Waals surface area (Å²) in [5.41, 5.74) is 0. The van der Waals surface area contributed by atoms with Crippen LogP contribution in [0.25, 0.3) is 10.8 Å². The first-order valence-electron chi connectivity index (χ1n) is 5.33. The molecule has 0 aliphatic carbocycles. The van der Waals surface area contributed by atoms with E-state index < -0.39 is 11.0 Å². The highest BCUT2D eigenvalue weighted by Gasteiger charge is 2.05. The molecule has 2 nitrogen and oxygen atoms in total. The standard InChI is InChI=1S/C13H15NOS/c1-10(2)14-16(15)13-8-7-11-5-3-4-6-12(11)9-13/h3-10,14H,1-2H3. The van der Waals surface area contributed by atoms with Gasteiger partial charge in [-0.25, -0.2) is 8.93 Å². The van der Waals surface area contributed by atoms with Crippen molar-refractivity contribution in [3.8, 4) is 0 Å². The molecule has 0 saturated carbocycles. The van der Waals surface area contributed by atoms with Crippen LogP contribution in [0.1, 0.15) is 13.8 Å². The van der Waals surface area contributed by atoms with E-state index in [9.17, 15) is 4.21 Å². The largest absolute Gasteiger partial charge is 0.237 e. The second-order valence-corrected chi connectivity index (χ2v) is 5.29. The molecule has 1 N–H and O–H groups in total. The third-order valence-electron chi connectivity index (χ3n) is 2.28. The Bertz CT molecular complexity index is 522. The maximum Gasteiger partial charge on any atom is 0.125 e. The van der Waals surface area contributed by atoms with Crippen molar-refractivity contribution in [2.24, 2.45) is 0 Å². The van der Waals surface area contributed by atoms with Crippen molar-refractivity contribution in [1.29, 1.82) is 0 Å². The second kappa shape index (κ2) is 4.76. The summed E-state index contributed by atoms with van der Waals surface area (Å²) in [5, 5.41) is 2.30. The van der Waals surface area contributed by atoms with Crippen molar-refractivity contribution in [1.82, 2.24) is 4.72 Å². The highest BCUT2D eigenvalue weighted by atomic mass is 32.2. The van der Waals surface area contributed by atoms with Crippen LogP contribution in [-0.2, 0) is 11.0 Å². The molecular weight excluding hydrogens is 218 g/mol. The Hall–Kier alpha value is -1.19. The molecule has 16 heavy (non-hydrogen) atoms. The van der Waals surface area contributed by atoms with Gasteiger partial charge in [-0.2, -0.15) is 0 Å². The molecule has 0 fully saturated rings. The second-order valence-electron chi connectivity index (χ2n) is 4.05. The quantitative estimate of drug-likeness (QED) is 0.867. The van der Waals surface area contributed by atoms with E-state index in [-0.39, 0.29) is 6.04 Å². The topological polar surface area (TPSA) is 29.1 Å². The molecule has 3 heteroatoms. The van der Waals surface area contributed by atoms with Crippen molar-refractivity contribution in [2.45, 2.75) is 24.8 Å². The Kier molecular flexibility index (Phi) is 3.36. The molecular formula is C13H15NOS. The van der Waals surface area contributed by atoms with Gasteiger partial charge in [0.1, 0.15) is 11.0 Å². The average Bonchev–Trinajstić information content (AvgIpc) is 2.27. The van der Waals surface area contributed by atoms with Crippen LogP contribution in [0, 0.1) is 0 Å². The van der Waals surface area contributed by atoms with E-state index in [4.69, 9.17) is 0 Å². The summed E-state index contributed by atoms with van der Waals surface area (Å²) >= 11 is 0. The van der Waals surface area contributed by atoms with Gasteiger partial charge in [-0.05, 0) is 36.8 Å². The van der Waals surface area contributed by atoms with E-state index in [0.29, 0.717) is 0 Å². The molecule has 0 amide bonds. The molecule has 84 valence electrons. The zero-order valence-corrected chi connectivity index (χ0v) is 10.3. The van der Waals surface area contributed by atoms with Gasteiger partial charge < -0.3 is 0 Å². The van der Waals surface area contributed by atoms with Crippen molar-refractivity contribution in [3.05, 3.63) is 42.5 Å². The predicted octanol–water partition coefficient (Wildman–Crippen LogP) is 2.86. The van der Waals surface area contributed by atoms with Crippen LogP contribution in [-0.4, -0.2) is 10.3 Å². The average molecular weight is 233 g/mol. The Morgan fingerprint density at radius 3 is 2.44 bits per heavy atom. The lowest BCUT2D eigenvalue weighted by Crippen LogP contribution is -2.24. The van der Waals surface area contributed by atoms with Crippen LogP contribution in [0.4, 0.5) is 0 Å². The van der Waals surface area contributed by atoms with Gasteiger partial charge >= 0.3 is 0 Å². The summed E-state index contributed by atoms with van der Waals surface area (Å²) in [5.74, 6) is 0. The first kappa shape index (κ1) is 11.3. The van der Waals surface area contributed by atoms with E-state index in [1.54, 1.807) is 0 Å². The maximum atomic E-state index is 11.9. The van der Waals surface area contributed by atoms with E-state index in [1.807, 2.05) is 50.2 Å².